The quantitative estimate of drug-likeness (QED) is 0.787. The van der Waals surface area contributed by atoms with E-state index in [1.807, 2.05) is 11.1 Å². The second-order valence-electron chi connectivity index (χ2n) is 7.11. The molecule has 1 aromatic carbocycles. The minimum Gasteiger partial charge on any atom is -0.377 e. The first-order valence-electron chi connectivity index (χ1n) is 9.41. The first-order valence-corrected chi connectivity index (χ1v) is 9.41. The lowest BCUT2D eigenvalue weighted by molar-refractivity contribution is 0.0684. The minimum atomic E-state index is 0.0609. The van der Waals surface area contributed by atoms with E-state index in [1.165, 1.54) is 0 Å². The molecule has 1 aliphatic rings. The van der Waals surface area contributed by atoms with Gasteiger partial charge in [-0.15, -0.1) is 0 Å². The van der Waals surface area contributed by atoms with Gasteiger partial charge < -0.3 is 14.2 Å². The zero-order valence-electron chi connectivity index (χ0n) is 16.0. The van der Waals surface area contributed by atoms with Crippen LogP contribution in [0.3, 0.4) is 0 Å². The number of methoxy groups -OCH3 is 1. The molecule has 0 spiro atoms. The number of nitrogens with zero attached hydrogens (tertiary/aromatic N) is 4. The molecule has 0 unspecified atom stereocenters. The van der Waals surface area contributed by atoms with E-state index in [-0.39, 0.29) is 5.91 Å². The summed E-state index contributed by atoms with van der Waals surface area (Å²) in [7, 11) is 1.69. The lowest BCUT2D eigenvalue weighted by atomic mass is 9.93. The van der Waals surface area contributed by atoms with Gasteiger partial charge in [-0.25, -0.2) is 4.98 Å². The van der Waals surface area contributed by atoms with Crippen LogP contribution >= 0.6 is 0 Å². The summed E-state index contributed by atoms with van der Waals surface area (Å²) < 4.78 is 7.46. The Balaban J connectivity index is 1.51. The van der Waals surface area contributed by atoms with Crippen molar-refractivity contribution in [1.29, 1.82) is 5.26 Å². The smallest absolute Gasteiger partial charge is 0.253 e. The maximum Gasteiger partial charge on any atom is 0.253 e. The first-order chi connectivity index (χ1) is 13.1. The zero-order valence-corrected chi connectivity index (χ0v) is 16.0. The Morgan fingerprint density at radius 1 is 1.30 bits per heavy atom. The number of nitriles is 1. The third-order valence-electron chi connectivity index (χ3n) is 5.33. The Labute approximate surface area is 160 Å². The molecule has 2 heterocycles. The van der Waals surface area contributed by atoms with Crippen LogP contribution < -0.4 is 0 Å². The Morgan fingerprint density at radius 3 is 2.63 bits per heavy atom. The van der Waals surface area contributed by atoms with Gasteiger partial charge in [0.25, 0.3) is 5.91 Å². The molecular weight excluding hydrogens is 340 g/mol. The Kier molecular flexibility index (Phi) is 6.25. The van der Waals surface area contributed by atoms with Crippen molar-refractivity contribution in [2.24, 2.45) is 5.92 Å². The van der Waals surface area contributed by atoms with E-state index in [0.29, 0.717) is 23.7 Å². The van der Waals surface area contributed by atoms with Crippen molar-refractivity contribution < 1.29 is 9.53 Å². The summed E-state index contributed by atoms with van der Waals surface area (Å²) in [4.78, 5) is 19.0. The highest BCUT2D eigenvalue weighted by atomic mass is 16.5. The molecule has 27 heavy (non-hydrogen) atoms. The number of carbonyl (C=O) groups excluding carboxylic acids is 1. The largest absolute Gasteiger partial charge is 0.377 e. The third-order valence-corrected chi connectivity index (χ3v) is 5.33. The standard InChI is InChI=1S/C21H26N4O2/c1-16-14-23-20(15-27-2)25(16)12-9-17-7-10-24(11-8-17)21(26)19-5-3-18(13-22)4-6-19/h3-6,14,17H,7-12,15H2,1-2H3. The highest BCUT2D eigenvalue weighted by Gasteiger charge is 2.24. The number of piperidine rings is 1. The van der Waals surface area contributed by atoms with Crippen LogP contribution in [0.15, 0.2) is 30.5 Å². The number of aryl methyl sites for hydroxylation is 1. The molecule has 0 saturated carbocycles. The maximum atomic E-state index is 12.6. The minimum absolute atomic E-state index is 0.0609. The number of amides is 1. The van der Waals surface area contributed by atoms with Gasteiger partial charge in [-0.05, 0) is 56.4 Å². The van der Waals surface area contributed by atoms with Crippen LogP contribution in [0.5, 0.6) is 0 Å². The molecule has 6 heteroatoms. The summed E-state index contributed by atoms with van der Waals surface area (Å²) in [6.07, 6.45) is 5.03. The molecule has 1 amide bonds. The average Bonchev–Trinajstić information content (AvgIpc) is 3.06. The molecule has 1 saturated heterocycles. The van der Waals surface area contributed by atoms with Crippen LogP contribution in [0.1, 0.15) is 46.7 Å². The molecule has 142 valence electrons. The SMILES string of the molecule is COCc1ncc(C)n1CCC1CCN(C(=O)c2ccc(C#N)cc2)CC1. The van der Waals surface area contributed by atoms with E-state index in [1.54, 1.807) is 31.4 Å². The predicted molar refractivity (Wildman–Crippen MR) is 102 cm³/mol. The van der Waals surface area contributed by atoms with Crippen LogP contribution in [0, 0.1) is 24.2 Å². The number of aromatic nitrogens is 2. The number of hydrogen-bond donors (Lipinski definition) is 0. The van der Waals surface area contributed by atoms with Crippen molar-refractivity contribution in [3.8, 4) is 6.07 Å². The second-order valence-corrected chi connectivity index (χ2v) is 7.11. The third kappa shape index (κ3) is 4.55. The number of likely N-dealkylation sites (tertiary alicyclic amines) is 1. The van der Waals surface area contributed by atoms with Crippen molar-refractivity contribution in [2.45, 2.75) is 39.3 Å². The first kappa shape index (κ1) is 19.1. The van der Waals surface area contributed by atoms with Crippen molar-refractivity contribution in [3.05, 3.63) is 53.1 Å². The summed E-state index contributed by atoms with van der Waals surface area (Å²) in [5.41, 5.74) is 2.40. The topological polar surface area (TPSA) is 71.2 Å². The van der Waals surface area contributed by atoms with Crippen molar-refractivity contribution in [1.82, 2.24) is 14.5 Å². The molecule has 0 radical (unpaired) electrons. The van der Waals surface area contributed by atoms with Gasteiger partial charge in [0.05, 0.1) is 11.6 Å². The Morgan fingerprint density at radius 2 is 2.00 bits per heavy atom. The second kappa shape index (κ2) is 8.83. The molecule has 2 aromatic rings. The summed E-state index contributed by atoms with van der Waals surface area (Å²) in [5.74, 6) is 1.65. The van der Waals surface area contributed by atoms with Gasteiger partial charge in [-0.2, -0.15) is 5.26 Å². The number of benzene rings is 1. The number of imidazole rings is 1. The molecule has 1 fully saturated rings. The Hall–Kier alpha value is -2.65. The summed E-state index contributed by atoms with van der Waals surface area (Å²) in [6, 6.07) is 8.96. The number of hydrogen-bond acceptors (Lipinski definition) is 4. The predicted octanol–water partition coefficient (Wildman–Crippen LogP) is 3.15. The van der Waals surface area contributed by atoms with Gasteiger partial charge in [0.15, 0.2) is 0 Å². The van der Waals surface area contributed by atoms with Gasteiger partial charge in [-0.3, -0.25) is 4.79 Å². The van der Waals surface area contributed by atoms with Crippen LogP contribution in [0.4, 0.5) is 0 Å². The van der Waals surface area contributed by atoms with Crippen LogP contribution in [-0.4, -0.2) is 40.6 Å². The van der Waals surface area contributed by atoms with E-state index < -0.39 is 0 Å². The molecule has 6 nitrogen and oxygen atoms in total. The highest BCUT2D eigenvalue weighted by Crippen LogP contribution is 2.23. The molecule has 0 bridgehead atoms. The summed E-state index contributed by atoms with van der Waals surface area (Å²) >= 11 is 0. The molecule has 3 rings (SSSR count). The van der Waals surface area contributed by atoms with Crippen molar-refractivity contribution in [3.63, 3.8) is 0 Å². The highest BCUT2D eigenvalue weighted by molar-refractivity contribution is 5.94. The Bertz CT molecular complexity index is 812. The van der Waals surface area contributed by atoms with Crippen LogP contribution in [0.2, 0.25) is 0 Å². The lowest BCUT2D eigenvalue weighted by Gasteiger charge is -2.32. The van der Waals surface area contributed by atoms with E-state index >= 15 is 0 Å². The van der Waals surface area contributed by atoms with Gasteiger partial charge in [-0.1, -0.05) is 0 Å². The fourth-order valence-corrected chi connectivity index (χ4v) is 3.67. The van der Waals surface area contributed by atoms with E-state index in [0.717, 1.165) is 50.4 Å². The summed E-state index contributed by atoms with van der Waals surface area (Å²) in [5, 5.41) is 8.87. The number of ether oxygens (including phenoxy) is 1. The van der Waals surface area contributed by atoms with Gasteiger partial charge in [0, 0.05) is 44.2 Å². The van der Waals surface area contributed by atoms with Crippen molar-refractivity contribution in [2.75, 3.05) is 20.2 Å². The summed E-state index contributed by atoms with van der Waals surface area (Å²) in [6.45, 7) is 5.13. The van der Waals surface area contributed by atoms with Gasteiger partial charge >= 0.3 is 0 Å². The van der Waals surface area contributed by atoms with E-state index in [2.05, 4.69) is 22.5 Å². The molecule has 1 aromatic heterocycles. The van der Waals surface area contributed by atoms with Crippen LogP contribution in [0.25, 0.3) is 0 Å². The van der Waals surface area contributed by atoms with E-state index in [9.17, 15) is 4.79 Å². The van der Waals surface area contributed by atoms with Gasteiger partial charge in [0.1, 0.15) is 12.4 Å². The average molecular weight is 366 g/mol. The molecular formula is C21H26N4O2. The normalized spacial score (nSPS) is 14.9. The molecule has 0 N–H and O–H groups in total. The maximum absolute atomic E-state index is 12.6. The molecule has 1 aliphatic heterocycles. The van der Waals surface area contributed by atoms with Crippen molar-refractivity contribution >= 4 is 5.91 Å². The molecule has 0 atom stereocenters. The van der Waals surface area contributed by atoms with Crippen LogP contribution in [-0.2, 0) is 17.9 Å². The fourth-order valence-electron chi connectivity index (χ4n) is 3.67. The number of rotatable bonds is 6. The molecule has 0 aliphatic carbocycles. The fraction of sp³-hybridized carbons (Fsp3) is 0.476. The monoisotopic (exact) mass is 366 g/mol. The van der Waals surface area contributed by atoms with Gasteiger partial charge in [0.2, 0.25) is 0 Å². The zero-order chi connectivity index (χ0) is 19.2. The number of carbonyl (C=O) groups is 1. The van der Waals surface area contributed by atoms with E-state index in [4.69, 9.17) is 10.00 Å². The lowest BCUT2D eigenvalue weighted by Crippen LogP contribution is -2.38.